The van der Waals surface area contributed by atoms with Gasteiger partial charge in [-0.25, -0.2) is 9.97 Å². The fraction of sp³-hybridized carbons (Fsp3) is 0.714. The molecule has 2 fully saturated rings. The number of nitrogens with zero attached hydrogens (tertiary/aromatic N) is 6. The first-order valence-electron chi connectivity index (χ1n) is 10.5. The van der Waals surface area contributed by atoms with Gasteiger partial charge in [0.25, 0.3) is 0 Å². The zero-order chi connectivity index (χ0) is 21.2. The Morgan fingerprint density at radius 3 is 2.41 bits per heavy atom. The number of aromatic nitrogens is 2. The smallest absolute Gasteiger partial charge is 0.230 e. The van der Waals surface area contributed by atoms with Crippen LogP contribution < -0.4 is 9.80 Å². The van der Waals surface area contributed by atoms with Gasteiger partial charge in [-0.05, 0) is 32.6 Å². The predicted molar refractivity (Wildman–Crippen MR) is 114 cm³/mol. The quantitative estimate of drug-likeness (QED) is 0.760. The lowest BCUT2D eigenvalue weighted by Gasteiger charge is -2.44. The molecule has 2 aliphatic heterocycles. The summed E-state index contributed by atoms with van der Waals surface area (Å²) in [7, 11) is 7.51. The van der Waals surface area contributed by atoms with Gasteiger partial charge in [-0.3, -0.25) is 9.59 Å². The van der Waals surface area contributed by atoms with Crippen LogP contribution in [0.3, 0.4) is 0 Å². The highest BCUT2D eigenvalue weighted by atomic mass is 16.2. The van der Waals surface area contributed by atoms with Crippen LogP contribution >= 0.6 is 0 Å². The number of hydrogen-bond donors (Lipinski definition) is 0. The molecule has 8 nitrogen and oxygen atoms in total. The van der Waals surface area contributed by atoms with Gasteiger partial charge < -0.3 is 19.6 Å². The van der Waals surface area contributed by atoms with E-state index in [-0.39, 0.29) is 17.7 Å². The zero-order valence-electron chi connectivity index (χ0n) is 18.4. The molecule has 0 aromatic carbocycles. The van der Waals surface area contributed by atoms with E-state index in [1.165, 1.54) is 0 Å². The number of carbonyl (C=O) groups is 2. The van der Waals surface area contributed by atoms with Crippen molar-refractivity contribution in [2.24, 2.45) is 11.3 Å². The van der Waals surface area contributed by atoms with E-state index in [9.17, 15) is 9.59 Å². The predicted octanol–water partition coefficient (Wildman–Crippen LogP) is 1.48. The van der Waals surface area contributed by atoms with Crippen molar-refractivity contribution < 1.29 is 9.59 Å². The van der Waals surface area contributed by atoms with E-state index in [2.05, 4.69) is 21.8 Å². The summed E-state index contributed by atoms with van der Waals surface area (Å²) in [6.07, 6.45) is 4.93. The number of piperidine rings is 2. The number of likely N-dealkylation sites (tertiary alicyclic amines) is 1. The molecule has 1 aromatic heterocycles. The monoisotopic (exact) mass is 402 g/mol. The second-order valence-corrected chi connectivity index (χ2v) is 9.01. The van der Waals surface area contributed by atoms with Crippen LogP contribution in [0.1, 0.15) is 32.6 Å². The molecule has 0 saturated carbocycles. The molecule has 1 aromatic rings. The van der Waals surface area contributed by atoms with E-state index in [0.717, 1.165) is 43.9 Å². The minimum atomic E-state index is -0.431. The Kier molecular flexibility index (Phi) is 6.29. The average Bonchev–Trinajstić information content (AvgIpc) is 2.72. The first-order chi connectivity index (χ1) is 13.7. The molecule has 1 atom stereocenters. The summed E-state index contributed by atoms with van der Waals surface area (Å²) < 4.78 is 0. The highest BCUT2D eigenvalue weighted by Gasteiger charge is 2.42. The summed E-state index contributed by atoms with van der Waals surface area (Å²) in [6.45, 7) is 4.96. The fourth-order valence-electron chi connectivity index (χ4n) is 4.44. The first kappa shape index (κ1) is 21.3. The maximum Gasteiger partial charge on any atom is 0.230 e. The fourth-order valence-corrected chi connectivity index (χ4v) is 4.44. The van der Waals surface area contributed by atoms with Gasteiger partial charge in [0.2, 0.25) is 11.8 Å². The van der Waals surface area contributed by atoms with Crippen molar-refractivity contribution in [3.63, 3.8) is 0 Å². The molecule has 3 heterocycles. The molecule has 160 valence electrons. The van der Waals surface area contributed by atoms with Gasteiger partial charge in [-0.2, -0.15) is 0 Å². The van der Waals surface area contributed by atoms with Gasteiger partial charge >= 0.3 is 0 Å². The minimum Gasteiger partial charge on any atom is -0.363 e. The van der Waals surface area contributed by atoms with Crippen LogP contribution in [0, 0.1) is 11.3 Å². The lowest BCUT2D eigenvalue weighted by atomic mass is 9.79. The van der Waals surface area contributed by atoms with Gasteiger partial charge in [-0.1, -0.05) is 0 Å². The molecule has 2 aliphatic rings. The molecule has 1 unspecified atom stereocenters. The Bertz CT molecular complexity index is 744. The molecule has 8 heteroatoms. The van der Waals surface area contributed by atoms with E-state index in [4.69, 9.17) is 0 Å². The highest BCUT2D eigenvalue weighted by Crippen LogP contribution is 2.35. The normalized spacial score (nSPS) is 23.1. The van der Waals surface area contributed by atoms with Crippen LogP contribution in [0.5, 0.6) is 0 Å². The van der Waals surface area contributed by atoms with Crippen LogP contribution in [-0.2, 0) is 9.59 Å². The average molecular weight is 403 g/mol. The van der Waals surface area contributed by atoms with E-state index >= 15 is 0 Å². The Morgan fingerprint density at radius 2 is 1.79 bits per heavy atom. The molecule has 0 bridgehead atoms. The SMILES string of the molecule is CN(C)C(=O)C1CCN(C(=O)C2(C)CCCN(c3cc(N(C)C)ncn3)C2)CC1. The third kappa shape index (κ3) is 4.62. The summed E-state index contributed by atoms with van der Waals surface area (Å²) in [5, 5.41) is 0. The van der Waals surface area contributed by atoms with Crippen molar-refractivity contribution in [3.05, 3.63) is 12.4 Å². The van der Waals surface area contributed by atoms with Crippen molar-refractivity contribution in [1.82, 2.24) is 19.8 Å². The number of amides is 2. The number of carbonyl (C=O) groups excluding carboxylic acids is 2. The largest absolute Gasteiger partial charge is 0.363 e. The third-order valence-corrected chi connectivity index (χ3v) is 6.21. The first-order valence-corrected chi connectivity index (χ1v) is 10.5. The van der Waals surface area contributed by atoms with Crippen LogP contribution in [0.4, 0.5) is 11.6 Å². The lowest BCUT2D eigenvalue weighted by Crippen LogP contribution is -2.54. The van der Waals surface area contributed by atoms with E-state index < -0.39 is 5.41 Å². The second kappa shape index (κ2) is 8.55. The summed E-state index contributed by atoms with van der Waals surface area (Å²) in [5.74, 6) is 2.15. The molecule has 29 heavy (non-hydrogen) atoms. The van der Waals surface area contributed by atoms with E-state index in [0.29, 0.717) is 19.6 Å². The molecule has 0 radical (unpaired) electrons. The van der Waals surface area contributed by atoms with Crippen LogP contribution in [-0.4, -0.2) is 86.0 Å². The van der Waals surface area contributed by atoms with Gasteiger partial charge in [0.15, 0.2) is 0 Å². The minimum absolute atomic E-state index is 0.0372. The molecule has 2 amide bonds. The van der Waals surface area contributed by atoms with Gasteiger partial charge in [0.05, 0.1) is 5.41 Å². The maximum absolute atomic E-state index is 13.4. The second-order valence-electron chi connectivity index (χ2n) is 9.01. The summed E-state index contributed by atoms with van der Waals surface area (Å²) in [4.78, 5) is 42.1. The Morgan fingerprint density at radius 1 is 1.10 bits per heavy atom. The standard InChI is InChI=1S/C21H34N6O2/c1-21(20(29)26-11-7-16(8-12-26)19(28)25(4)5)9-6-10-27(14-21)18-13-17(24(2)3)22-15-23-18/h13,15-16H,6-12,14H2,1-5H3. The molecule has 3 rings (SSSR count). The maximum atomic E-state index is 13.4. The van der Waals surface area contributed by atoms with Crippen molar-refractivity contribution in [2.75, 3.05) is 64.2 Å². The topological polar surface area (TPSA) is 72.9 Å². The van der Waals surface area contributed by atoms with E-state index in [1.54, 1.807) is 25.3 Å². The van der Waals surface area contributed by atoms with Crippen molar-refractivity contribution in [1.29, 1.82) is 0 Å². The highest BCUT2D eigenvalue weighted by molar-refractivity contribution is 5.84. The number of hydrogen-bond acceptors (Lipinski definition) is 6. The molecule has 0 spiro atoms. The lowest BCUT2D eigenvalue weighted by molar-refractivity contribution is -0.146. The Hall–Kier alpha value is -2.38. The van der Waals surface area contributed by atoms with Crippen LogP contribution in [0.25, 0.3) is 0 Å². The Labute approximate surface area is 173 Å². The third-order valence-electron chi connectivity index (χ3n) is 6.21. The zero-order valence-corrected chi connectivity index (χ0v) is 18.4. The van der Waals surface area contributed by atoms with Crippen LogP contribution in [0.15, 0.2) is 12.4 Å². The summed E-state index contributed by atoms with van der Waals surface area (Å²) >= 11 is 0. The van der Waals surface area contributed by atoms with Crippen LogP contribution in [0.2, 0.25) is 0 Å². The number of anilines is 2. The molecular weight excluding hydrogens is 368 g/mol. The molecule has 0 N–H and O–H groups in total. The molecule has 0 aliphatic carbocycles. The van der Waals surface area contributed by atoms with Gasteiger partial charge in [-0.15, -0.1) is 0 Å². The van der Waals surface area contributed by atoms with Crippen molar-refractivity contribution in [2.45, 2.75) is 32.6 Å². The van der Waals surface area contributed by atoms with E-state index in [1.807, 2.05) is 30.0 Å². The number of rotatable bonds is 4. The summed E-state index contributed by atoms with van der Waals surface area (Å²) in [6, 6.07) is 1.98. The van der Waals surface area contributed by atoms with Crippen molar-refractivity contribution in [3.8, 4) is 0 Å². The molecular formula is C21H34N6O2. The Balaban J connectivity index is 1.66. The van der Waals surface area contributed by atoms with Gasteiger partial charge in [0, 0.05) is 66.4 Å². The summed E-state index contributed by atoms with van der Waals surface area (Å²) in [5.41, 5.74) is -0.431. The molecule has 2 saturated heterocycles. The van der Waals surface area contributed by atoms with Crippen molar-refractivity contribution >= 4 is 23.5 Å². The van der Waals surface area contributed by atoms with Gasteiger partial charge in [0.1, 0.15) is 18.0 Å².